The number of amides is 2. The highest BCUT2D eigenvalue weighted by Crippen LogP contribution is 2.29. The number of thiazole rings is 1. The highest BCUT2D eigenvalue weighted by atomic mass is 35.5. The van der Waals surface area contributed by atoms with Crippen molar-refractivity contribution in [2.24, 2.45) is 5.92 Å². The van der Waals surface area contributed by atoms with E-state index in [0.29, 0.717) is 57.0 Å². The number of nitrogens with one attached hydrogen (secondary N) is 2. The molecule has 2 N–H and O–H groups in total. The van der Waals surface area contributed by atoms with Crippen molar-refractivity contribution in [3.05, 3.63) is 46.4 Å². The van der Waals surface area contributed by atoms with E-state index in [1.54, 1.807) is 30.3 Å². The average Bonchev–Trinajstić information content (AvgIpc) is 3.17. The Morgan fingerprint density at radius 3 is 2.50 bits per heavy atom. The molecule has 34 heavy (non-hydrogen) atoms. The van der Waals surface area contributed by atoms with Crippen LogP contribution in [-0.4, -0.2) is 56.0 Å². The number of benzene rings is 2. The molecule has 12 heteroatoms. The summed E-state index contributed by atoms with van der Waals surface area (Å²) >= 11 is 13.1. The van der Waals surface area contributed by atoms with E-state index in [-0.39, 0.29) is 29.2 Å². The molecule has 1 aliphatic rings. The second-order valence-electron chi connectivity index (χ2n) is 8.14. The fraction of sp³-hybridized carbons (Fsp3) is 0.318. The van der Waals surface area contributed by atoms with Gasteiger partial charge in [-0.15, -0.1) is 0 Å². The molecular formula is C22H22Cl2N4O4S2. The van der Waals surface area contributed by atoms with E-state index in [4.69, 9.17) is 23.2 Å². The number of hydrogen-bond donors (Lipinski definition) is 2. The second kappa shape index (κ2) is 10.2. The van der Waals surface area contributed by atoms with Gasteiger partial charge in [0.1, 0.15) is 0 Å². The largest absolute Gasteiger partial charge is 0.325 e. The van der Waals surface area contributed by atoms with Crippen LogP contribution in [0, 0.1) is 5.92 Å². The molecular weight excluding hydrogens is 519 g/mol. The standard InChI is InChI=1S/C22H22Cl2N4O4S2/c1-34(31,32)15-3-5-18-19(11-15)33-22(26-18)27-21(30)13-6-8-28(9-7-13)12-20(29)25-14-2-4-16(23)17(24)10-14/h2-5,10-11,13H,6-9,12H2,1H3,(H,25,29)(H,26,27,30). The SMILES string of the molecule is CS(=O)(=O)c1ccc2nc(NC(=O)C3CCN(CC(=O)Nc4ccc(Cl)c(Cl)c4)CC3)sc2c1. The van der Waals surface area contributed by atoms with Crippen LogP contribution in [0.2, 0.25) is 10.0 Å². The summed E-state index contributed by atoms with van der Waals surface area (Å²) in [6, 6.07) is 9.63. The van der Waals surface area contributed by atoms with Gasteiger partial charge in [0.2, 0.25) is 11.8 Å². The molecule has 0 bridgehead atoms. The molecule has 2 aromatic carbocycles. The number of aromatic nitrogens is 1. The van der Waals surface area contributed by atoms with Crippen molar-refractivity contribution in [2.75, 3.05) is 36.5 Å². The lowest BCUT2D eigenvalue weighted by Crippen LogP contribution is -2.41. The first-order chi connectivity index (χ1) is 16.1. The van der Waals surface area contributed by atoms with Gasteiger partial charge in [-0.05, 0) is 62.3 Å². The van der Waals surface area contributed by atoms with E-state index in [2.05, 4.69) is 15.6 Å². The Kier molecular flexibility index (Phi) is 7.44. The van der Waals surface area contributed by atoms with Crippen molar-refractivity contribution in [1.82, 2.24) is 9.88 Å². The van der Waals surface area contributed by atoms with Gasteiger partial charge in [0.25, 0.3) is 0 Å². The third kappa shape index (κ3) is 6.05. The molecule has 2 heterocycles. The zero-order valence-corrected chi connectivity index (χ0v) is 21.3. The summed E-state index contributed by atoms with van der Waals surface area (Å²) in [5.41, 5.74) is 1.21. The first kappa shape index (κ1) is 24.9. The molecule has 3 aromatic rings. The highest BCUT2D eigenvalue weighted by molar-refractivity contribution is 7.90. The number of nitrogens with zero attached hydrogens (tertiary/aromatic N) is 2. The number of fused-ring (bicyclic) bond motifs is 1. The monoisotopic (exact) mass is 540 g/mol. The number of anilines is 2. The van der Waals surface area contributed by atoms with Crippen LogP contribution >= 0.6 is 34.5 Å². The fourth-order valence-corrected chi connectivity index (χ4v) is 5.66. The number of rotatable bonds is 6. The molecule has 1 aromatic heterocycles. The Morgan fingerprint density at radius 2 is 1.82 bits per heavy atom. The summed E-state index contributed by atoms with van der Waals surface area (Å²) in [6.07, 6.45) is 2.39. The minimum Gasteiger partial charge on any atom is -0.325 e. The lowest BCUT2D eigenvalue weighted by Gasteiger charge is -2.30. The van der Waals surface area contributed by atoms with Crippen LogP contribution in [0.15, 0.2) is 41.3 Å². The van der Waals surface area contributed by atoms with Gasteiger partial charge in [-0.25, -0.2) is 13.4 Å². The zero-order chi connectivity index (χ0) is 24.5. The number of sulfone groups is 1. The number of likely N-dealkylation sites (tertiary alicyclic amines) is 1. The number of carbonyl (C=O) groups excluding carboxylic acids is 2. The number of carbonyl (C=O) groups is 2. The van der Waals surface area contributed by atoms with Gasteiger partial charge in [-0.1, -0.05) is 34.5 Å². The predicted octanol–water partition coefficient (Wildman–Crippen LogP) is 4.30. The highest BCUT2D eigenvalue weighted by Gasteiger charge is 2.26. The van der Waals surface area contributed by atoms with Crippen LogP contribution in [-0.2, 0) is 19.4 Å². The Bertz CT molecular complexity index is 1350. The van der Waals surface area contributed by atoms with Crippen molar-refractivity contribution in [1.29, 1.82) is 0 Å². The van der Waals surface area contributed by atoms with Crippen LogP contribution in [0.1, 0.15) is 12.8 Å². The van der Waals surface area contributed by atoms with E-state index in [1.807, 2.05) is 4.90 Å². The molecule has 0 spiro atoms. The predicted molar refractivity (Wildman–Crippen MR) is 136 cm³/mol. The van der Waals surface area contributed by atoms with Crippen molar-refractivity contribution >= 4 is 77.2 Å². The molecule has 8 nitrogen and oxygen atoms in total. The smallest absolute Gasteiger partial charge is 0.238 e. The lowest BCUT2D eigenvalue weighted by molar-refractivity contribution is -0.121. The summed E-state index contributed by atoms with van der Waals surface area (Å²) < 4.78 is 24.2. The Hall–Kier alpha value is -2.24. The fourth-order valence-electron chi connectivity index (χ4n) is 3.73. The topological polar surface area (TPSA) is 108 Å². The third-order valence-corrected chi connectivity index (χ3v) is 8.33. The molecule has 180 valence electrons. The van der Waals surface area contributed by atoms with Crippen LogP contribution in [0.4, 0.5) is 10.8 Å². The summed E-state index contributed by atoms with van der Waals surface area (Å²) in [6.45, 7) is 1.45. The van der Waals surface area contributed by atoms with Gasteiger partial charge in [0.15, 0.2) is 15.0 Å². The maximum atomic E-state index is 12.7. The maximum absolute atomic E-state index is 12.7. The summed E-state index contributed by atoms with van der Waals surface area (Å²) in [7, 11) is -3.31. The number of halogens is 2. The van der Waals surface area contributed by atoms with E-state index in [9.17, 15) is 18.0 Å². The molecule has 4 rings (SSSR count). The molecule has 1 saturated heterocycles. The minimum absolute atomic E-state index is 0.123. The van der Waals surface area contributed by atoms with Crippen molar-refractivity contribution < 1.29 is 18.0 Å². The molecule has 0 radical (unpaired) electrons. The Labute approximate surface area is 211 Å². The summed E-state index contributed by atoms with van der Waals surface area (Å²) in [5.74, 6) is -0.473. The van der Waals surface area contributed by atoms with E-state index < -0.39 is 9.84 Å². The average molecular weight is 541 g/mol. The lowest BCUT2D eigenvalue weighted by atomic mass is 9.96. The second-order valence-corrected chi connectivity index (χ2v) is 12.0. The Balaban J connectivity index is 1.28. The number of hydrogen-bond acceptors (Lipinski definition) is 7. The maximum Gasteiger partial charge on any atom is 0.238 e. The summed E-state index contributed by atoms with van der Waals surface area (Å²) in [5, 5.41) is 6.89. The molecule has 2 amide bonds. The quantitative estimate of drug-likeness (QED) is 0.482. The molecule has 0 aliphatic carbocycles. The molecule has 0 unspecified atom stereocenters. The first-order valence-corrected chi connectivity index (χ1v) is 13.9. The van der Waals surface area contributed by atoms with Gasteiger partial charge < -0.3 is 10.6 Å². The van der Waals surface area contributed by atoms with Crippen molar-refractivity contribution in [3.8, 4) is 0 Å². The minimum atomic E-state index is -3.31. The normalized spacial score (nSPS) is 15.4. The molecule has 1 fully saturated rings. The van der Waals surface area contributed by atoms with Gasteiger partial charge in [0.05, 0.1) is 31.7 Å². The zero-order valence-electron chi connectivity index (χ0n) is 18.2. The van der Waals surface area contributed by atoms with Crippen LogP contribution < -0.4 is 10.6 Å². The summed E-state index contributed by atoms with van der Waals surface area (Å²) in [4.78, 5) is 31.7. The van der Waals surface area contributed by atoms with Gasteiger partial charge in [-0.3, -0.25) is 14.5 Å². The number of piperidine rings is 1. The first-order valence-electron chi connectivity index (χ1n) is 10.5. The van der Waals surface area contributed by atoms with E-state index in [1.165, 1.54) is 17.4 Å². The van der Waals surface area contributed by atoms with Crippen LogP contribution in [0.25, 0.3) is 10.2 Å². The third-order valence-electron chi connectivity index (χ3n) is 5.55. The van der Waals surface area contributed by atoms with Gasteiger partial charge >= 0.3 is 0 Å². The Morgan fingerprint density at radius 1 is 1.09 bits per heavy atom. The van der Waals surface area contributed by atoms with Crippen molar-refractivity contribution in [3.63, 3.8) is 0 Å². The van der Waals surface area contributed by atoms with E-state index in [0.717, 1.165) is 6.26 Å². The van der Waals surface area contributed by atoms with Crippen LogP contribution in [0.3, 0.4) is 0 Å². The molecule has 0 saturated carbocycles. The van der Waals surface area contributed by atoms with Gasteiger partial charge in [-0.2, -0.15) is 0 Å². The van der Waals surface area contributed by atoms with E-state index >= 15 is 0 Å². The molecule has 1 aliphatic heterocycles. The van der Waals surface area contributed by atoms with Crippen LogP contribution in [0.5, 0.6) is 0 Å². The molecule has 0 atom stereocenters. The van der Waals surface area contributed by atoms with Crippen molar-refractivity contribution in [2.45, 2.75) is 17.7 Å². The van der Waals surface area contributed by atoms with Gasteiger partial charge in [0, 0.05) is 17.9 Å².